The van der Waals surface area contributed by atoms with Crippen LogP contribution < -0.4 is 20.1 Å². The van der Waals surface area contributed by atoms with Gasteiger partial charge >= 0.3 is 0 Å². The van der Waals surface area contributed by atoms with Gasteiger partial charge < -0.3 is 30.2 Å². The lowest BCUT2D eigenvalue weighted by Crippen LogP contribution is -2.08. The second kappa shape index (κ2) is 9.84. The summed E-state index contributed by atoms with van der Waals surface area (Å²) in [4.78, 5) is 7.59. The molecule has 0 spiro atoms. The predicted octanol–water partition coefficient (Wildman–Crippen LogP) is 5.49. The minimum Gasteiger partial charge on any atom is -0.492 e. The van der Waals surface area contributed by atoms with Crippen LogP contribution in [-0.2, 0) is 12.8 Å². The first-order chi connectivity index (χ1) is 17.1. The minimum absolute atomic E-state index is 0.132. The number of nitrogens with one attached hydrogen (secondary N) is 3. The number of halogens is 1. The number of hydrogen-bond acceptors (Lipinski definition) is 6. The molecule has 0 bridgehead atoms. The van der Waals surface area contributed by atoms with Crippen molar-refractivity contribution >= 4 is 28.0 Å². The van der Waals surface area contributed by atoms with Crippen molar-refractivity contribution in [1.82, 2.24) is 9.97 Å². The van der Waals surface area contributed by atoms with Crippen LogP contribution >= 0.6 is 0 Å². The van der Waals surface area contributed by atoms with E-state index in [4.69, 9.17) is 9.47 Å². The number of aromatic amines is 1. The number of rotatable bonds is 9. The van der Waals surface area contributed by atoms with Gasteiger partial charge in [0.25, 0.3) is 0 Å². The first kappa shape index (κ1) is 23.0. The molecule has 1 atom stereocenters. The number of para-hydroxylation sites is 1. The van der Waals surface area contributed by atoms with Crippen LogP contribution in [0.4, 0.5) is 21.5 Å². The molecule has 0 saturated heterocycles. The smallest absolute Gasteiger partial charge is 0.190 e. The molecule has 0 fully saturated rings. The van der Waals surface area contributed by atoms with Gasteiger partial charge in [-0.1, -0.05) is 12.1 Å². The topological polar surface area (TPSA) is 91.4 Å². The lowest BCUT2D eigenvalue weighted by atomic mass is 10.1. The number of pyridine rings is 1. The SMILES string of the molecule is CCOc1cccc2c(CCNc3ccc(Nc4ccnc5c4CCC5O)c(OC)c3F)c[nH]c12. The second-order valence-electron chi connectivity index (χ2n) is 8.51. The van der Waals surface area contributed by atoms with Crippen LogP contribution in [0.15, 0.2) is 48.8 Å². The van der Waals surface area contributed by atoms with Gasteiger partial charge in [-0.3, -0.25) is 4.98 Å². The zero-order valence-corrected chi connectivity index (χ0v) is 19.8. The fourth-order valence-corrected chi connectivity index (χ4v) is 4.73. The fraction of sp³-hybridized carbons (Fsp3) is 0.296. The highest BCUT2D eigenvalue weighted by atomic mass is 19.1. The van der Waals surface area contributed by atoms with Crippen LogP contribution in [0.2, 0.25) is 0 Å². The van der Waals surface area contributed by atoms with E-state index in [1.165, 1.54) is 7.11 Å². The molecule has 2 heterocycles. The van der Waals surface area contributed by atoms with E-state index in [9.17, 15) is 5.11 Å². The molecule has 1 aliphatic carbocycles. The molecule has 4 aromatic rings. The zero-order valence-electron chi connectivity index (χ0n) is 19.8. The normalized spacial score (nSPS) is 14.7. The summed E-state index contributed by atoms with van der Waals surface area (Å²) in [5, 5.41) is 17.7. The van der Waals surface area contributed by atoms with E-state index < -0.39 is 11.9 Å². The van der Waals surface area contributed by atoms with Crippen molar-refractivity contribution in [1.29, 1.82) is 0 Å². The van der Waals surface area contributed by atoms with Crippen LogP contribution in [0.1, 0.15) is 36.3 Å². The van der Waals surface area contributed by atoms with Crippen molar-refractivity contribution < 1.29 is 19.0 Å². The monoisotopic (exact) mass is 476 g/mol. The van der Waals surface area contributed by atoms with Crippen molar-refractivity contribution in [2.75, 3.05) is 30.9 Å². The Hall–Kier alpha value is -3.78. The van der Waals surface area contributed by atoms with Gasteiger partial charge in [0.1, 0.15) is 5.75 Å². The number of hydrogen-bond donors (Lipinski definition) is 4. The van der Waals surface area contributed by atoms with Gasteiger partial charge in [-0.15, -0.1) is 0 Å². The van der Waals surface area contributed by atoms with E-state index in [1.807, 2.05) is 31.3 Å². The fourth-order valence-electron chi connectivity index (χ4n) is 4.73. The molecule has 2 aromatic carbocycles. The number of aliphatic hydroxyl groups is 1. The van der Waals surface area contributed by atoms with Gasteiger partial charge in [0.2, 0.25) is 0 Å². The Morgan fingerprint density at radius 1 is 1.17 bits per heavy atom. The number of aromatic nitrogens is 2. The highest BCUT2D eigenvalue weighted by Crippen LogP contribution is 2.39. The first-order valence-electron chi connectivity index (χ1n) is 11.9. The summed E-state index contributed by atoms with van der Waals surface area (Å²) in [5.41, 5.74) is 5.43. The molecule has 0 saturated carbocycles. The molecular formula is C27H29FN4O3. The number of fused-ring (bicyclic) bond motifs is 2. The van der Waals surface area contributed by atoms with Crippen molar-refractivity contribution in [2.45, 2.75) is 32.3 Å². The lowest BCUT2D eigenvalue weighted by molar-refractivity contribution is 0.176. The van der Waals surface area contributed by atoms with E-state index in [0.717, 1.165) is 39.9 Å². The second-order valence-corrected chi connectivity index (χ2v) is 8.51. The highest BCUT2D eigenvalue weighted by molar-refractivity contribution is 5.88. The summed E-state index contributed by atoms with van der Waals surface area (Å²) in [7, 11) is 1.45. The summed E-state index contributed by atoms with van der Waals surface area (Å²) in [6.45, 7) is 3.12. The summed E-state index contributed by atoms with van der Waals surface area (Å²) >= 11 is 0. The largest absolute Gasteiger partial charge is 0.492 e. The van der Waals surface area contributed by atoms with Gasteiger partial charge in [-0.05, 0) is 61.6 Å². The number of benzene rings is 2. The van der Waals surface area contributed by atoms with E-state index in [0.29, 0.717) is 43.1 Å². The van der Waals surface area contributed by atoms with Crippen LogP contribution in [0.5, 0.6) is 11.5 Å². The molecule has 35 heavy (non-hydrogen) atoms. The molecule has 0 amide bonds. The molecule has 0 aliphatic heterocycles. The van der Waals surface area contributed by atoms with Crippen LogP contribution in [0.25, 0.3) is 10.9 Å². The first-order valence-corrected chi connectivity index (χ1v) is 11.9. The average Bonchev–Trinajstić information content (AvgIpc) is 3.46. The van der Waals surface area contributed by atoms with Crippen molar-refractivity contribution in [3.63, 3.8) is 0 Å². The zero-order chi connectivity index (χ0) is 24.4. The Labute approximate surface area is 203 Å². The van der Waals surface area contributed by atoms with E-state index in [1.54, 1.807) is 18.3 Å². The van der Waals surface area contributed by atoms with Gasteiger partial charge in [0, 0.05) is 30.0 Å². The van der Waals surface area contributed by atoms with Gasteiger partial charge in [0.15, 0.2) is 11.6 Å². The molecular weight excluding hydrogens is 447 g/mol. The van der Waals surface area contributed by atoms with Gasteiger partial charge in [0.05, 0.1) is 42.4 Å². The van der Waals surface area contributed by atoms with E-state index in [2.05, 4.69) is 26.7 Å². The molecule has 8 heteroatoms. The maximum atomic E-state index is 15.3. The number of anilines is 3. The Morgan fingerprint density at radius 2 is 2.03 bits per heavy atom. The van der Waals surface area contributed by atoms with Crippen LogP contribution in [-0.4, -0.2) is 35.3 Å². The number of H-pyrrole nitrogens is 1. The summed E-state index contributed by atoms with van der Waals surface area (Å²) in [5.74, 6) is 0.505. The molecule has 1 aliphatic rings. The standard InChI is InChI=1S/C27H29FN4O3/c1-3-35-23-6-4-5-17-16(15-31-26(17)23)11-13-29-20-8-9-21(27(34-2)24(20)28)32-19-12-14-30-25-18(19)7-10-22(25)33/h4-6,8-9,12,14-15,22,29,31,33H,3,7,10-11,13H2,1-2H3,(H,30,32). The molecule has 2 aromatic heterocycles. The lowest BCUT2D eigenvalue weighted by Gasteiger charge is -2.17. The maximum Gasteiger partial charge on any atom is 0.190 e. The Bertz CT molecular complexity index is 1350. The minimum atomic E-state index is -0.556. The van der Waals surface area contributed by atoms with Crippen LogP contribution in [0.3, 0.4) is 0 Å². The molecule has 1 unspecified atom stereocenters. The Kier molecular flexibility index (Phi) is 6.46. The van der Waals surface area contributed by atoms with Crippen molar-refractivity contribution in [3.8, 4) is 11.5 Å². The average molecular weight is 477 g/mol. The van der Waals surface area contributed by atoms with Crippen LogP contribution in [0, 0.1) is 5.82 Å². The summed E-state index contributed by atoms with van der Waals surface area (Å²) < 4.78 is 26.4. The number of methoxy groups -OCH3 is 1. The highest BCUT2D eigenvalue weighted by Gasteiger charge is 2.25. The molecule has 0 radical (unpaired) electrons. The molecule has 4 N–H and O–H groups in total. The third-order valence-electron chi connectivity index (χ3n) is 6.42. The van der Waals surface area contributed by atoms with E-state index >= 15 is 4.39 Å². The number of aliphatic hydroxyl groups excluding tert-OH is 1. The van der Waals surface area contributed by atoms with Gasteiger partial charge in [-0.2, -0.15) is 0 Å². The van der Waals surface area contributed by atoms with Gasteiger partial charge in [-0.25, -0.2) is 4.39 Å². The maximum absolute atomic E-state index is 15.3. The number of ether oxygens (including phenoxy) is 2. The summed E-state index contributed by atoms with van der Waals surface area (Å²) in [6.07, 6.45) is 5.14. The van der Waals surface area contributed by atoms with Crippen molar-refractivity contribution in [2.24, 2.45) is 0 Å². The number of nitrogens with zero attached hydrogens (tertiary/aromatic N) is 1. The quantitative estimate of drug-likeness (QED) is 0.255. The third kappa shape index (κ3) is 4.37. The summed E-state index contributed by atoms with van der Waals surface area (Å²) in [6, 6.07) is 11.3. The Morgan fingerprint density at radius 3 is 2.86 bits per heavy atom. The van der Waals surface area contributed by atoms with Crippen molar-refractivity contribution in [3.05, 3.63) is 71.4 Å². The Balaban J connectivity index is 1.31. The van der Waals surface area contributed by atoms with E-state index in [-0.39, 0.29) is 5.75 Å². The molecule has 182 valence electrons. The third-order valence-corrected chi connectivity index (χ3v) is 6.42. The molecule has 7 nitrogen and oxygen atoms in total. The molecule has 5 rings (SSSR count). The predicted molar refractivity (Wildman–Crippen MR) is 135 cm³/mol.